The van der Waals surface area contributed by atoms with Crippen molar-refractivity contribution in [2.45, 2.75) is 49.1 Å². The number of methoxy groups -OCH3 is 1. The fourth-order valence-corrected chi connectivity index (χ4v) is 6.32. The molecule has 2 aromatic rings. The molecule has 0 amide bonds. The van der Waals surface area contributed by atoms with Crippen LogP contribution >= 0.6 is 0 Å². The van der Waals surface area contributed by atoms with Gasteiger partial charge >= 0.3 is 0 Å². The third-order valence-corrected chi connectivity index (χ3v) is 8.06. The molecule has 6 rings (SSSR count). The molecule has 1 aromatic heterocycles. The second-order valence-electron chi connectivity index (χ2n) is 7.99. The zero-order valence-corrected chi connectivity index (χ0v) is 16.9. The van der Waals surface area contributed by atoms with E-state index in [0.29, 0.717) is 29.7 Å². The molecule has 0 spiro atoms. The molecule has 2 atom stereocenters. The van der Waals surface area contributed by atoms with Gasteiger partial charge in [-0.15, -0.1) is 0 Å². The lowest BCUT2D eigenvalue weighted by Gasteiger charge is -2.55. The second-order valence-corrected chi connectivity index (χ2v) is 9.83. The maximum atomic E-state index is 13.2. The number of aryl methyl sites for hydroxylation is 1. The van der Waals surface area contributed by atoms with Gasteiger partial charge in [-0.05, 0) is 49.9 Å². The first kappa shape index (κ1) is 17.9. The van der Waals surface area contributed by atoms with Crippen molar-refractivity contribution < 1.29 is 13.2 Å². The Balaban J connectivity index is 1.36. The monoisotopic (exact) mass is 400 g/mol. The van der Waals surface area contributed by atoms with Gasteiger partial charge in [-0.25, -0.2) is 18.4 Å². The molecule has 0 radical (unpaired) electrons. The Hall–Kier alpha value is -2.19. The highest BCUT2D eigenvalue weighted by Gasteiger charge is 2.51. The van der Waals surface area contributed by atoms with Crippen LogP contribution in [0.25, 0.3) is 0 Å². The normalized spacial score (nSPS) is 24.7. The SMILES string of the molecule is COc1ccc(S(=O)(=O)N2C3CC2CN(c2cc(C4CC4)ncn2)C3)cc1C. The van der Waals surface area contributed by atoms with Gasteiger partial charge in [0.15, 0.2) is 0 Å². The van der Waals surface area contributed by atoms with E-state index < -0.39 is 10.0 Å². The Morgan fingerprint density at radius 3 is 2.50 bits per heavy atom. The zero-order chi connectivity index (χ0) is 19.5. The van der Waals surface area contributed by atoms with Gasteiger partial charge in [-0.1, -0.05) is 0 Å². The van der Waals surface area contributed by atoms with Crippen LogP contribution in [0.4, 0.5) is 5.82 Å². The number of fused-ring (bicyclic) bond motifs is 2. The minimum Gasteiger partial charge on any atom is -0.496 e. The highest BCUT2D eigenvalue weighted by Crippen LogP contribution is 2.42. The summed E-state index contributed by atoms with van der Waals surface area (Å²) in [7, 11) is -1.92. The number of sulfonamides is 1. The molecule has 4 heterocycles. The molecule has 4 fully saturated rings. The van der Waals surface area contributed by atoms with Crippen molar-refractivity contribution in [2.24, 2.45) is 0 Å². The molecular formula is C20H24N4O3S. The number of anilines is 1. The van der Waals surface area contributed by atoms with Gasteiger partial charge in [-0.2, -0.15) is 4.31 Å². The average molecular weight is 401 g/mol. The molecule has 2 bridgehead atoms. The lowest BCUT2D eigenvalue weighted by atomic mass is 9.91. The highest BCUT2D eigenvalue weighted by molar-refractivity contribution is 7.89. The largest absolute Gasteiger partial charge is 0.496 e. The van der Waals surface area contributed by atoms with E-state index in [9.17, 15) is 8.42 Å². The van der Waals surface area contributed by atoms with Gasteiger partial charge < -0.3 is 9.64 Å². The van der Waals surface area contributed by atoms with E-state index >= 15 is 0 Å². The Morgan fingerprint density at radius 1 is 1.11 bits per heavy atom. The summed E-state index contributed by atoms with van der Waals surface area (Å²) in [6.07, 6.45) is 4.95. The summed E-state index contributed by atoms with van der Waals surface area (Å²) in [5, 5.41) is 0. The smallest absolute Gasteiger partial charge is 0.243 e. The van der Waals surface area contributed by atoms with Crippen LogP contribution in [0.15, 0.2) is 35.5 Å². The maximum absolute atomic E-state index is 13.2. The summed E-state index contributed by atoms with van der Waals surface area (Å²) in [6.45, 7) is 3.21. The highest BCUT2D eigenvalue weighted by atomic mass is 32.2. The molecule has 2 unspecified atom stereocenters. The van der Waals surface area contributed by atoms with Crippen LogP contribution < -0.4 is 9.64 Å². The van der Waals surface area contributed by atoms with Crippen molar-refractivity contribution >= 4 is 15.8 Å². The van der Waals surface area contributed by atoms with Gasteiger partial charge in [0.1, 0.15) is 17.9 Å². The molecule has 1 aromatic carbocycles. The molecule has 0 N–H and O–H groups in total. The Labute approximate surface area is 165 Å². The van der Waals surface area contributed by atoms with E-state index in [1.54, 1.807) is 35.9 Å². The summed E-state index contributed by atoms with van der Waals surface area (Å²) < 4.78 is 33.4. The fourth-order valence-electron chi connectivity index (χ4n) is 4.42. The number of nitrogens with zero attached hydrogens (tertiary/aromatic N) is 4. The molecular weight excluding hydrogens is 376 g/mol. The van der Waals surface area contributed by atoms with E-state index in [1.165, 1.54) is 12.8 Å². The van der Waals surface area contributed by atoms with Gasteiger partial charge in [0.2, 0.25) is 10.0 Å². The van der Waals surface area contributed by atoms with Crippen LogP contribution in [0.1, 0.15) is 36.4 Å². The van der Waals surface area contributed by atoms with Gasteiger partial charge in [0.25, 0.3) is 0 Å². The quantitative estimate of drug-likeness (QED) is 0.767. The standard InChI is InChI=1S/C20H24N4O3S/c1-13-7-17(5-6-19(13)27-2)28(25,26)24-15-8-16(24)11-23(10-15)20-9-18(14-3-4-14)21-12-22-20/h5-7,9,12,14-16H,3-4,8,10-11H2,1-2H3. The number of hydrogen-bond donors (Lipinski definition) is 0. The van der Waals surface area contributed by atoms with E-state index in [1.807, 2.05) is 6.92 Å². The average Bonchev–Trinajstić information content (AvgIpc) is 3.53. The van der Waals surface area contributed by atoms with E-state index in [4.69, 9.17) is 4.74 Å². The Kier molecular flexibility index (Phi) is 4.10. The molecule has 1 saturated carbocycles. The number of ether oxygens (including phenoxy) is 1. The van der Waals surface area contributed by atoms with Crippen LogP contribution in [0, 0.1) is 6.92 Å². The second kappa shape index (κ2) is 6.42. The number of piperazine rings is 1. The van der Waals surface area contributed by atoms with E-state index in [2.05, 4.69) is 20.9 Å². The Bertz CT molecular complexity index is 1010. The number of piperidine rings is 1. The molecule has 3 aliphatic heterocycles. The summed E-state index contributed by atoms with van der Waals surface area (Å²) in [6, 6.07) is 7.13. The maximum Gasteiger partial charge on any atom is 0.243 e. The zero-order valence-electron chi connectivity index (χ0n) is 16.1. The predicted molar refractivity (Wildman–Crippen MR) is 105 cm³/mol. The van der Waals surface area contributed by atoms with Crippen molar-refractivity contribution in [1.82, 2.24) is 14.3 Å². The molecule has 8 heteroatoms. The van der Waals surface area contributed by atoms with Crippen molar-refractivity contribution in [3.8, 4) is 5.75 Å². The number of benzene rings is 1. The molecule has 3 saturated heterocycles. The molecule has 4 aliphatic rings. The molecule has 7 nitrogen and oxygen atoms in total. The first-order valence-corrected chi connectivity index (χ1v) is 11.2. The lowest BCUT2D eigenvalue weighted by molar-refractivity contribution is 0.0874. The van der Waals surface area contributed by atoms with Crippen molar-refractivity contribution in [3.63, 3.8) is 0 Å². The van der Waals surface area contributed by atoms with Crippen LogP contribution in [0.5, 0.6) is 5.75 Å². The van der Waals surface area contributed by atoms with Crippen LogP contribution in [-0.2, 0) is 10.0 Å². The first-order valence-electron chi connectivity index (χ1n) is 9.72. The first-order chi connectivity index (χ1) is 13.5. The third-order valence-electron chi connectivity index (χ3n) is 6.06. The van der Waals surface area contributed by atoms with Crippen LogP contribution in [-0.4, -0.2) is 55.0 Å². The number of hydrogen-bond acceptors (Lipinski definition) is 6. The van der Waals surface area contributed by atoms with Crippen molar-refractivity contribution in [2.75, 3.05) is 25.1 Å². The van der Waals surface area contributed by atoms with Gasteiger partial charge in [-0.3, -0.25) is 0 Å². The van der Waals surface area contributed by atoms with Gasteiger partial charge in [0.05, 0.1) is 12.0 Å². The summed E-state index contributed by atoms with van der Waals surface area (Å²) in [5.74, 6) is 2.20. The number of aromatic nitrogens is 2. The third kappa shape index (κ3) is 2.86. The predicted octanol–water partition coefficient (Wildman–Crippen LogP) is 2.32. The minimum atomic E-state index is -3.51. The topological polar surface area (TPSA) is 75.6 Å². The van der Waals surface area contributed by atoms with Crippen molar-refractivity contribution in [1.29, 1.82) is 0 Å². The van der Waals surface area contributed by atoms with E-state index in [-0.39, 0.29) is 12.1 Å². The number of rotatable bonds is 5. The summed E-state index contributed by atoms with van der Waals surface area (Å²) in [5.41, 5.74) is 1.94. The molecule has 148 valence electrons. The van der Waals surface area contributed by atoms with E-state index in [0.717, 1.165) is 23.5 Å². The molecule has 1 aliphatic carbocycles. The molecule has 28 heavy (non-hydrogen) atoms. The van der Waals surface area contributed by atoms with Crippen molar-refractivity contribution in [3.05, 3.63) is 41.9 Å². The Morgan fingerprint density at radius 2 is 1.86 bits per heavy atom. The fraction of sp³-hybridized carbons (Fsp3) is 0.500. The lowest BCUT2D eigenvalue weighted by Crippen LogP contribution is -2.70. The van der Waals surface area contributed by atoms with Crippen LogP contribution in [0.3, 0.4) is 0 Å². The van der Waals surface area contributed by atoms with Gasteiger partial charge in [0, 0.05) is 42.9 Å². The summed E-state index contributed by atoms with van der Waals surface area (Å²) >= 11 is 0. The minimum absolute atomic E-state index is 0.00880. The summed E-state index contributed by atoms with van der Waals surface area (Å²) in [4.78, 5) is 11.4. The van der Waals surface area contributed by atoms with Crippen LogP contribution in [0.2, 0.25) is 0 Å².